The molecule has 0 atom stereocenters. The van der Waals surface area contributed by atoms with Crippen molar-refractivity contribution in [3.05, 3.63) is 44.6 Å². The first-order valence-corrected chi connectivity index (χ1v) is 6.42. The van der Waals surface area contributed by atoms with Crippen molar-refractivity contribution in [1.82, 2.24) is 14.9 Å². The van der Waals surface area contributed by atoms with E-state index in [2.05, 4.69) is 15.3 Å². The molecule has 7 nitrogen and oxygen atoms in total. The Bertz CT molecular complexity index is 795. The summed E-state index contributed by atoms with van der Waals surface area (Å²) >= 11 is 5.00. The minimum absolute atomic E-state index is 0.120. The van der Waals surface area contributed by atoms with E-state index in [-0.39, 0.29) is 16.0 Å². The van der Waals surface area contributed by atoms with E-state index in [0.717, 1.165) is 4.68 Å². The molecule has 2 aromatic rings. The summed E-state index contributed by atoms with van der Waals surface area (Å²) in [7, 11) is 3.11. The van der Waals surface area contributed by atoms with Gasteiger partial charge in [0.15, 0.2) is 0 Å². The Balaban J connectivity index is 2.45. The van der Waals surface area contributed by atoms with Crippen molar-refractivity contribution in [3.63, 3.8) is 0 Å². The lowest BCUT2D eigenvalue weighted by Crippen LogP contribution is -2.22. The summed E-state index contributed by atoms with van der Waals surface area (Å²) in [5.41, 5.74) is 0.596. The van der Waals surface area contributed by atoms with Crippen molar-refractivity contribution >= 4 is 18.4 Å². The van der Waals surface area contributed by atoms with Crippen molar-refractivity contribution in [3.8, 4) is 11.5 Å². The number of H-pyrrole nitrogens is 1. The lowest BCUT2D eigenvalue weighted by Gasteiger charge is -2.07. The van der Waals surface area contributed by atoms with Crippen LogP contribution in [0.4, 0.5) is 0 Å². The van der Waals surface area contributed by atoms with E-state index in [1.54, 1.807) is 39.3 Å². The number of hydrogen-bond donors (Lipinski definition) is 1. The Morgan fingerprint density at radius 3 is 2.81 bits per heavy atom. The molecule has 1 heterocycles. The molecule has 0 saturated carbocycles. The highest BCUT2D eigenvalue weighted by Crippen LogP contribution is 2.23. The van der Waals surface area contributed by atoms with E-state index in [1.165, 1.54) is 6.21 Å². The van der Waals surface area contributed by atoms with E-state index >= 15 is 0 Å². The van der Waals surface area contributed by atoms with E-state index in [4.69, 9.17) is 21.7 Å². The third-order valence-corrected chi connectivity index (χ3v) is 3.03. The number of ether oxygens (including phenoxy) is 2. The molecule has 0 unspecified atom stereocenters. The molecule has 0 bridgehead atoms. The Morgan fingerprint density at radius 1 is 1.38 bits per heavy atom. The van der Waals surface area contributed by atoms with Gasteiger partial charge in [-0.2, -0.15) is 14.9 Å². The van der Waals surface area contributed by atoms with Crippen molar-refractivity contribution in [1.29, 1.82) is 0 Å². The van der Waals surface area contributed by atoms with Crippen LogP contribution in [-0.2, 0) is 0 Å². The molecule has 0 fully saturated rings. The van der Waals surface area contributed by atoms with Crippen LogP contribution in [-0.4, -0.2) is 35.3 Å². The van der Waals surface area contributed by atoms with Crippen molar-refractivity contribution in [2.24, 2.45) is 5.10 Å². The summed E-state index contributed by atoms with van der Waals surface area (Å²) in [6, 6.07) is 5.26. The lowest BCUT2D eigenvalue weighted by molar-refractivity contribution is 0.394. The highest BCUT2D eigenvalue weighted by molar-refractivity contribution is 7.71. The smallest absolute Gasteiger partial charge is 0.296 e. The van der Waals surface area contributed by atoms with Crippen LogP contribution in [0.5, 0.6) is 11.5 Å². The molecular weight excluding hydrogens is 292 g/mol. The molecule has 1 N–H and O–H groups in total. The minimum atomic E-state index is -0.373. The maximum Gasteiger partial charge on any atom is 0.296 e. The normalized spacial score (nSPS) is 10.8. The largest absolute Gasteiger partial charge is 0.497 e. The zero-order chi connectivity index (χ0) is 15.4. The summed E-state index contributed by atoms with van der Waals surface area (Å²) in [6.07, 6.45) is 1.49. The van der Waals surface area contributed by atoms with Gasteiger partial charge in [-0.15, -0.1) is 0 Å². The fraction of sp³-hybridized carbons (Fsp3) is 0.231. The van der Waals surface area contributed by atoms with Gasteiger partial charge in [0, 0.05) is 11.6 Å². The second kappa shape index (κ2) is 6.31. The molecule has 0 aliphatic heterocycles. The van der Waals surface area contributed by atoms with Crippen molar-refractivity contribution in [2.75, 3.05) is 14.2 Å². The molecule has 0 spiro atoms. The second-order valence-electron chi connectivity index (χ2n) is 4.08. The predicted octanol–water partition coefficient (Wildman–Crippen LogP) is 1.51. The standard InChI is InChI=1S/C13H14N4O3S/c1-8-12(18)17(13(21)16-15-8)14-7-9-4-5-10(19-2)6-11(9)20-3/h4-7H,1-3H3,(H,16,21)/b14-7+. The predicted molar refractivity (Wildman–Crippen MR) is 81.0 cm³/mol. The van der Waals surface area contributed by atoms with Crippen LogP contribution in [0.2, 0.25) is 0 Å². The lowest BCUT2D eigenvalue weighted by atomic mass is 10.2. The summed E-state index contributed by atoms with van der Waals surface area (Å²) in [6.45, 7) is 1.58. The van der Waals surface area contributed by atoms with E-state index in [9.17, 15) is 4.79 Å². The zero-order valence-corrected chi connectivity index (χ0v) is 12.6. The molecular formula is C13H14N4O3S. The first kappa shape index (κ1) is 14.9. The van der Waals surface area contributed by atoms with E-state index in [1.807, 2.05) is 0 Å². The Morgan fingerprint density at radius 2 is 2.14 bits per heavy atom. The number of aromatic amines is 1. The van der Waals surface area contributed by atoms with Gasteiger partial charge < -0.3 is 9.47 Å². The molecule has 0 radical (unpaired) electrons. The first-order valence-electron chi connectivity index (χ1n) is 6.01. The summed E-state index contributed by atoms with van der Waals surface area (Å²) in [4.78, 5) is 11.9. The number of rotatable bonds is 4. The van der Waals surface area contributed by atoms with Gasteiger partial charge in [-0.3, -0.25) is 9.89 Å². The van der Waals surface area contributed by atoms with Gasteiger partial charge in [0.05, 0.1) is 20.4 Å². The molecule has 8 heteroatoms. The Hall–Kier alpha value is -2.48. The number of nitrogens with one attached hydrogen (secondary N) is 1. The number of benzene rings is 1. The monoisotopic (exact) mass is 306 g/mol. The molecule has 21 heavy (non-hydrogen) atoms. The third kappa shape index (κ3) is 3.16. The van der Waals surface area contributed by atoms with Crippen molar-refractivity contribution in [2.45, 2.75) is 6.92 Å². The van der Waals surface area contributed by atoms with E-state index < -0.39 is 0 Å². The molecule has 0 saturated heterocycles. The molecule has 110 valence electrons. The topological polar surface area (TPSA) is 81.5 Å². The van der Waals surface area contributed by atoms with Crippen LogP contribution in [0.15, 0.2) is 28.1 Å². The van der Waals surface area contributed by atoms with Crippen molar-refractivity contribution < 1.29 is 9.47 Å². The maximum absolute atomic E-state index is 11.9. The molecule has 2 rings (SSSR count). The number of methoxy groups -OCH3 is 2. The maximum atomic E-state index is 11.9. The molecule has 0 aliphatic rings. The Labute approximate surface area is 125 Å². The highest BCUT2D eigenvalue weighted by Gasteiger charge is 2.04. The summed E-state index contributed by atoms with van der Waals surface area (Å²) in [5, 5.41) is 10.4. The van der Waals surface area contributed by atoms with Crippen LogP contribution >= 0.6 is 12.2 Å². The van der Waals surface area contributed by atoms with Gasteiger partial charge in [-0.05, 0) is 31.3 Å². The quantitative estimate of drug-likeness (QED) is 0.684. The van der Waals surface area contributed by atoms with Crippen LogP contribution in [0.25, 0.3) is 0 Å². The second-order valence-corrected chi connectivity index (χ2v) is 4.47. The Kier molecular flexibility index (Phi) is 4.49. The highest BCUT2D eigenvalue weighted by atomic mass is 32.1. The number of aryl methyl sites for hydroxylation is 1. The van der Waals surface area contributed by atoms with Crippen LogP contribution in [0, 0.1) is 11.7 Å². The fourth-order valence-corrected chi connectivity index (χ4v) is 1.80. The summed E-state index contributed by atoms with van der Waals surface area (Å²) in [5.74, 6) is 1.24. The number of hydrogen-bond acceptors (Lipinski definition) is 6. The summed E-state index contributed by atoms with van der Waals surface area (Å²) < 4.78 is 11.6. The van der Waals surface area contributed by atoms with Gasteiger partial charge in [0.1, 0.15) is 17.2 Å². The molecule has 1 aromatic carbocycles. The van der Waals surface area contributed by atoms with Crippen LogP contribution in [0.3, 0.4) is 0 Å². The van der Waals surface area contributed by atoms with Gasteiger partial charge in [-0.1, -0.05) is 0 Å². The fourth-order valence-electron chi connectivity index (χ4n) is 1.62. The molecule has 1 aromatic heterocycles. The van der Waals surface area contributed by atoms with Gasteiger partial charge in [0.25, 0.3) is 5.56 Å². The van der Waals surface area contributed by atoms with Crippen LogP contribution < -0.4 is 15.0 Å². The number of nitrogens with zero attached hydrogens (tertiary/aromatic N) is 3. The van der Waals surface area contributed by atoms with Crippen LogP contribution in [0.1, 0.15) is 11.3 Å². The minimum Gasteiger partial charge on any atom is -0.497 e. The molecule has 0 amide bonds. The SMILES string of the molecule is COc1ccc(/C=N/n2c(=S)[nH]nc(C)c2=O)c(OC)c1. The zero-order valence-electron chi connectivity index (χ0n) is 11.8. The molecule has 0 aliphatic carbocycles. The average molecular weight is 306 g/mol. The third-order valence-electron chi connectivity index (χ3n) is 2.77. The van der Waals surface area contributed by atoms with Gasteiger partial charge >= 0.3 is 0 Å². The average Bonchev–Trinajstić information content (AvgIpc) is 2.51. The first-order chi connectivity index (χ1) is 10.1. The number of aromatic nitrogens is 3. The van der Waals surface area contributed by atoms with Gasteiger partial charge in [0.2, 0.25) is 4.77 Å². The van der Waals surface area contributed by atoms with E-state index in [0.29, 0.717) is 17.1 Å². The van der Waals surface area contributed by atoms with Gasteiger partial charge in [-0.25, -0.2) is 0 Å².